The summed E-state index contributed by atoms with van der Waals surface area (Å²) in [6, 6.07) is 10.1. The van der Waals surface area contributed by atoms with Gasteiger partial charge in [-0.2, -0.15) is 5.26 Å². The van der Waals surface area contributed by atoms with Gasteiger partial charge < -0.3 is 14.2 Å². The molecule has 4 rings (SSSR count). The van der Waals surface area contributed by atoms with E-state index in [1.54, 1.807) is 6.20 Å². The van der Waals surface area contributed by atoms with E-state index in [1.165, 1.54) is 0 Å². The molecule has 6 nitrogen and oxygen atoms in total. The van der Waals surface area contributed by atoms with E-state index < -0.39 is 5.60 Å². The molecule has 0 N–H and O–H groups in total. The highest BCUT2D eigenvalue weighted by atomic mass is 35.5. The highest BCUT2D eigenvalue weighted by molar-refractivity contribution is 6.31. The van der Waals surface area contributed by atoms with Crippen molar-refractivity contribution in [3.05, 3.63) is 52.8 Å². The predicted octanol–water partition coefficient (Wildman–Crippen LogP) is 5.95. The fraction of sp³-hybridized carbons (Fsp3) is 0.423. The molecule has 1 aromatic carbocycles. The first-order chi connectivity index (χ1) is 15.7. The van der Waals surface area contributed by atoms with E-state index in [1.807, 2.05) is 61.7 Å². The first-order valence-corrected chi connectivity index (χ1v) is 11.6. The van der Waals surface area contributed by atoms with E-state index in [9.17, 15) is 10.1 Å². The van der Waals surface area contributed by atoms with E-state index in [0.717, 1.165) is 60.1 Å². The highest BCUT2D eigenvalue weighted by Gasteiger charge is 2.29. The molecule has 1 atom stereocenters. The summed E-state index contributed by atoms with van der Waals surface area (Å²) >= 11 is 6.19. The van der Waals surface area contributed by atoms with Crippen molar-refractivity contribution in [2.75, 3.05) is 13.1 Å². The van der Waals surface area contributed by atoms with Gasteiger partial charge in [-0.1, -0.05) is 11.6 Å². The normalized spacial score (nSPS) is 16.2. The van der Waals surface area contributed by atoms with Crippen LogP contribution in [0.4, 0.5) is 4.79 Å². The van der Waals surface area contributed by atoms with Gasteiger partial charge in [0.05, 0.1) is 16.8 Å². The van der Waals surface area contributed by atoms with Crippen LogP contribution in [0, 0.1) is 17.2 Å². The number of hydrogen-bond acceptors (Lipinski definition) is 4. The van der Waals surface area contributed by atoms with Gasteiger partial charge in [0.25, 0.3) is 0 Å². The third-order valence-electron chi connectivity index (χ3n) is 6.12. The van der Waals surface area contributed by atoms with Crippen LogP contribution in [0.25, 0.3) is 22.2 Å². The molecule has 0 aliphatic carbocycles. The molecule has 0 bridgehead atoms. The molecule has 3 heterocycles. The second kappa shape index (κ2) is 9.07. The molecule has 3 aromatic rings. The predicted molar refractivity (Wildman–Crippen MR) is 130 cm³/mol. The van der Waals surface area contributed by atoms with Crippen LogP contribution in [0.2, 0.25) is 5.02 Å². The van der Waals surface area contributed by atoms with Gasteiger partial charge in [0, 0.05) is 48.5 Å². The quantitative estimate of drug-likeness (QED) is 0.478. The number of nitriles is 1. The Hall–Kier alpha value is -3.04. The van der Waals surface area contributed by atoms with E-state index >= 15 is 0 Å². The van der Waals surface area contributed by atoms with Crippen LogP contribution < -0.4 is 0 Å². The molecule has 0 spiro atoms. The minimum atomic E-state index is -0.476. The van der Waals surface area contributed by atoms with Crippen molar-refractivity contribution in [1.29, 1.82) is 5.26 Å². The molecule has 1 amide bonds. The SMILES string of the molecule is Cn1c(-c2cncc(CC[C@@H]3CCN(C(=O)OC(C)(C)C)C3)c2)c(C#N)c2ccc(Cl)cc21. The molecule has 7 heteroatoms. The van der Waals surface area contributed by atoms with Crippen molar-refractivity contribution < 1.29 is 9.53 Å². The van der Waals surface area contributed by atoms with Crippen molar-refractivity contribution in [2.24, 2.45) is 13.0 Å². The van der Waals surface area contributed by atoms with Crippen molar-refractivity contribution in [1.82, 2.24) is 14.5 Å². The number of fused-ring (bicyclic) bond motifs is 1. The average Bonchev–Trinajstić information content (AvgIpc) is 3.34. The van der Waals surface area contributed by atoms with Gasteiger partial charge in [0.1, 0.15) is 11.7 Å². The number of amides is 1. The molecule has 33 heavy (non-hydrogen) atoms. The van der Waals surface area contributed by atoms with Gasteiger partial charge in [-0.25, -0.2) is 4.79 Å². The van der Waals surface area contributed by atoms with Gasteiger partial charge >= 0.3 is 6.09 Å². The largest absolute Gasteiger partial charge is 0.444 e. The molecular weight excluding hydrogens is 436 g/mol. The molecule has 0 radical (unpaired) electrons. The van der Waals surface area contributed by atoms with Gasteiger partial charge in [-0.05, 0) is 75.8 Å². The van der Waals surface area contributed by atoms with Gasteiger partial charge in [0.2, 0.25) is 0 Å². The number of hydrogen-bond donors (Lipinski definition) is 0. The number of halogens is 1. The number of ether oxygens (including phenoxy) is 1. The van der Waals surface area contributed by atoms with Crippen LogP contribution in [-0.4, -0.2) is 39.2 Å². The van der Waals surface area contributed by atoms with E-state index in [4.69, 9.17) is 16.3 Å². The highest BCUT2D eigenvalue weighted by Crippen LogP contribution is 2.34. The lowest BCUT2D eigenvalue weighted by molar-refractivity contribution is 0.0287. The van der Waals surface area contributed by atoms with Gasteiger partial charge in [-0.15, -0.1) is 0 Å². The summed E-state index contributed by atoms with van der Waals surface area (Å²) in [6.45, 7) is 7.13. The third kappa shape index (κ3) is 4.99. The molecule has 0 saturated carbocycles. The number of pyridine rings is 1. The topological polar surface area (TPSA) is 71.2 Å². The Bertz CT molecular complexity index is 1240. The molecule has 1 aliphatic heterocycles. The number of carbonyl (C=O) groups excluding carboxylic acids is 1. The first kappa shape index (κ1) is 23.1. The summed E-state index contributed by atoms with van der Waals surface area (Å²) in [5.74, 6) is 0.440. The lowest BCUT2D eigenvalue weighted by Crippen LogP contribution is -2.35. The monoisotopic (exact) mass is 464 g/mol. The summed E-state index contributed by atoms with van der Waals surface area (Å²) < 4.78 is 7.51. The average molecular weight is 465 g/mol. The molecule has 2 aromatic heterocycles. The lowest BCUT2D eigenvalue weighted by Gasteiger charge is -2.24. The Balaban J connectivity index is 1.49. The maximum absolute atomic E-state index is 12.3. The maximum atomic E-state index is 12.3. The Morgan fingerprint density at radius 1 is 1.30 bits per heavy atom. The third-order valence-corrected chi connectivity index (χ3v) is 6.36. The summed E-state index contributed by atoms with van der Waals surface area (Å²) in [5, 5.41) is 11.4. The number of likely N-dealkylation sites (tertiary alicyclic amines) is 1. The summed E-state index contributed by atoms with van der Waals surface area (Å²) in [6.07, 6.45) is 6.28. The second-order valence-corrected chi connectivity index (χ2v) is 10.2. The molecule has 1 aliphatic rings. The van der Waals surface area contributed by atoms with Crippen LogP contribution >= 0.6 is 11.6 Å². The fourth-order valence-electron chi connectivity index (χ4n) is 4.55. The molecular formula is C26H29ClN4O2. The standard InChI is InChI=1S/C26H29ClN4O2/c1-26(2,3)33-25(32)31-10-9-17(16-31)5-6-18-11-19(15-29-14-18)24-22(13-28)21-8-7-20(27)12-23(21)30(24)4/h7-8,11-12,14-15,17H,5-6,9-10,16H2,1-4H3/t17-/m1/s1. The van der Waals surface area contributed by atoms with Crippen LogP contribution in [-0.2, 0) is 18.2 Å². The Morgan fingerprint density at radius 2 is 2.09 bits per heavy atom. The molecule has 1 fully saturated rings. The molecule has 172 valence electrons. The van der Waals surface area contributed by atoms with Crippen LogP contribution in [0.5, 0.6) is 0 Å². The number of benzene rings is 1. The van der Waals surface area contributed by atoms with Crippen molar-refractivity contribution in [2.45, 2.75) is 45.6 Å². The van der Waals surface area contributed by atoms with Crippen molar-refractivity contribution in [3.63, 3.8) is 0 Å². The number of carbonyl (C=O) groups is 1. The van der Waals surface area contributed by atoms with E-state index in [-0.39, 0.29) is 6.09 Å². The fourth-order valence-corrected chi connectivity index (χ4v) is 4.71. The Morgan fingerprint density at radius 3 is 2.82 bits per heavy atom. The van der Waals surface area contributed by atoms with Gasteiger partial charge in [0.15, 0.2) is 0 Å². The number of aryl methyl sites for hydroxylation is 2. The van der Waals surface area contributed by atoms with Crippen LogP contribution in [0.15, 0.2) is 36.7 Å². The Kier molecular flexibility index (Phi) is 6.36. The van der Waals surface area contributed by atoms with E-state index in [2.05, 4.69) is 17.1 Å². The zero-order valence-corrected chi connectivity index (χ0v) is 20.3. The van der Waals surface area contributed by atoms with Crippen LogP contribution in [0.1, 0.15) is 44.7 Å². The summed E-state index contributed by atoms with van der Waals surface area (Å²) in [4.78, 5) is 18.6. The minimum Gasteiger partial charge on any atom is -0.444 e. The van der Waals surface area contributed by atoms with Crippen molar-refractivity contribution >= 4 is 28.6 Å². The first-order valence-electron chi connectivity index (χ1n) is 11.3. The number of nitrogens with zero attached hydrogens (tertiary/aromatic N) is 4. The minimum absolute atomic E-state index is 0.228. The Labute approximate surface area is 199 Å². The summed E-state index contributed by atoms with van der Waals surface area (Å²) in [5.41, 5.74) is 3.97. The van der Waals surface area contributed by atoms with Crippen molar-refractivity contribution in [3.8, 4) is 17.3 Å². The molecule has 0 unspecified atom stereocenters. The molecule has 1 saturated heterocycles. The summed E-state index contributed by atoms with van der Waals surface area (Å²) in [7, 11) is 1.95. The smallest absolute Gasteiger partial charge is 0.410 e. The maximum Gasteiger partial charge on any atom is 0.410 e. The zero-order valence-electron chi connectivity index (χ0n) is 19.6. The lowest BCUT2D eigenvalue weighted by atomic mass is 9.98. The van der Waals surface area contributed by atoms with Gasteiger partial charge in [-0.3, -0.25) is 4.98 Å². The van der Waals surface area contributed by atoms with Crippen LogP contribution in [0.3, 0.4) is 0 Å². The number of rotatable bonds is 4. The zero-order chi connectivity index (χ0) is 23.8. The number of aromatic nitrogens is 2. The second-order valence-electron chi connectivity index (χ2n) is 9.76. The van der Waals surface area contributed by atoms with E-state index in [0.29, 0.717) is 16.5 Å².